The van der Waals surface area contributed by atoms with E-state index in [-0.39, 0.29) is 24.5 Å². The molecule has 3 heterocycles. The van der Waals surface area contributed by atoms with E-state index >= 15 is 0 Å². The van der Waals surface area contributed by atoms with Crippen LogP contribution < -0.4 is 14.8 Å². The second-order valence-electron chi connectivity index (χ2n) is 6.34. The number of ether oxygens (including phenoxy) is 2. The number of amides is 2. The lowest BCUT2D eigenvalue weighted by atomic mass is 9.95. The second kappa shape index (κ2) is 7.03. The van der Waals surface area contributed by atoms with Gasteiger partial charge < -0.3 is 19.7 Å². The molecule has 2 aliphatic heterocycles. The number of pyridine rings is 1. The molecule has 1 aromatic carbocycles. The quantitative estimate of drug-likeness (QED) is 0.916. The molecule has 0 unspecified atom stereocenters. The van der Waals surface area contributed by atoms with E-state index < -0.39 is 0 Å². The van der Waals surface area contributed by atoms with Gasteiger partial charge >= 0.3 is 0 Å². The van der Waals surface area contributed by atoms with Crippen LogP contribution in [0, 0.1) is 5.92 Å². The Labute approximate surface area is 150 Å². The van der Waals surface area contributed by atoms with Crippen LogP contribution >= 0.6 is 0 Å². The highest BCUT2D eigenvalue weighted by Crippen LogP contribution is 2.33. The van der Waals surface area contributed by atoms with Crippen LogP contribution in [0.2, 0.25) is 0 Å². The number of aromatic nitrogens is 1. The normalized spacial score (nSPS) is 16.4. The van der Waals surface area contributed by atoms with E-state index in [1.54, 1.807) is 41.4 Å². The monoisotopic (exact) mass is 353 g/mol. The van der Waals surface area contributed by atoms with Gasteiger partial charge in [-0.05, 0) is 43.2 Å². The van der Waals surface area contributed by atoms with Gasteiger partial charge in [0, 0.05) is 30.8 Å². The number of hydrogen-bond acceptors (Lipinski definition) is 5. The Balaban J connectivity index is 1.34. The van der Waals surface area contributed by atoms with E-state index in [2.05, 4.69) is 10.3 Å². The van der Waals surface area contributed by atoms with Crippen LogP contribution in [0.5, 0.6) is 11.5 Å². The summed E-state index contributed by atoms with van der Waals surface area (Å²) in [5.74, 6) is 1.60. The van der Waals surface area contributed by atoms with Crippen LogP contribution in [0.25, 0.3) is 0 Å². The van der Waals surface area contributed by atoms with Crippen LogP contribution in [-0.2, 0) is 4.79 Å². The minimum absolute atomic E-state index is 0.0427. The summed E-state index contributed by atoms with van der Waals surface area (Å²) >= 11 is 0. The summed E-state index contributed by atoms with van der Waals surface area (Å²) in [5.41, 5.74) is 0.575. The molecule has 2 aromatic rings. The fourth-order valence-corrected chi connectivity index (χ4v) is 3.22. The van der Waals surface area contributed by atoms with Gasteiger partial charge in [0.05, 0.1) is 0 Å². The summed E-state index contributed by atoms with van der Waals surface area (Å²) in [6.07, 6.45) is 2.91. The van der Waals surface area contributed by atoms with Crippen LogP contribution in [0.4, 0.5) is 5.82 Å². The molecule has 0 atom stereocenters. The number of nitrogens with zero attached hydrogens (tertiary/aromatic N) is 2. The zero-order chi connectivity index (χ0) is 17.9. The molecule has 2 aliphatic rings. The Kier molecular flexibility index (Phi) is 4.43. The average Bonchev–Trinajstić information content (AvgIpc) is 3.16. The third kappa shape index (κ3) is 3.33. The van der Waals surface area contributed by atoms with Crippen molar-refractivity contribution in [2.45, 2.75) is 12.8 Å². The molecule has 0 saturated carbocycles. The molecular weight excluding hydrogens is 334 g/mol. The zero-order valence-electron chi connectivity index (χ0n) is 14.2. The lowest BCUT2D eigenvalue weighted by Crippen LogP contribution is -2.41. The predicted molar refractivity (Wildman–Crippen MR) is 94.1 cm³/mol. The molecule has 0 aliphatic carbocycles. The number of benzene rings is 1. The lowest BCUT2D eigenvalue weighted by molar-refractivity contribution is -0.121. The van der Waals surface area contributed by atoms with Crippen LogP contribution in [0.15, 0.2) is 42.6 Å². The van der Waals surface area contributed by atoms with Crippen LogP contribution in [-0.4, -0.2) is 41.6 Å². The Hall–Kier alpha value is -3.09. The van der Waals surface area contributed by atoms with Gasteiger partial charge in [0.1, 0.15) is 5.82 Å². The minimum atomic E-state index is -0.113. The first-order chi connectivity index (χ1) is 12.7. The van der Waals surface area contributed by atoms with Gasteiger partial charge in [0.2, 0.25) is 12.7 Å². The molecule has 26 heavy (non-hydrogen) atoms. The Morgan fingerprint density at radius 3 is 2.65 bits per heavy atom. The topological polar surface area (TPSA) is 80.8 Å². The molecule has 4 rings (SSSR count). The Bertz CT molecular complexity index is 817. The maximum absolute atomic E-state index is 12.7. The van der Waals surface area contributed by atoms with E-state index in [4.69, 9.17) is 9.47 Å². The summed E-state index contributed by atoms with van der Waals surface area (Å²) < 4.78 is 10.6. The highest BCUT2D eigenvalue weighted by Gasteiger charge is 2.28. The third-order valence-corrected chi connectivity index (χ3v) is 4.69. The highest BCUT2D eigenvalue weighted by molar-refractivity contribution is 5.95. The number of likely N-dealkylation sites (tertiary alicyclic amines) is 1. The van der Waals surface area contributed by atoms with Gasteiger partial charge in [-0.25, -0.2) is 4.98 Å². The summed E-state index contributed by atoms with van der Waals surface area (Å²) in [4.78, 5) is 30.9. The summed E-state index contributed by atoms with van der Waals surface area (Å²) in [6.45, 7) is 1.28. The zero-order valence-corrected chi connectivity index (χ0v) is 14.2. The van der Waals surface area contributed by atoms with Crippen molar-refractivity contribution in [3.8, 4) is 11.5 Å². The maximum atomic E-state index is 12.7. The molecule has 0 spiro atoms. The molecule has 0 radical (unpaired) electrons. The predicted octanol–water partition coefficient (Wildman–Crippen LogP) is 2.30. The highest BCUT2D eigenvalue weighted by atomic mass is 16.7. The van der Waals surface area contributed by atoms with Gasteiger partial charge in [-0.15, -0.1) is 0 Å². The summed E-state index contributed by atoms with van der Waals surface area (Å²) in [5, 5.41) is 2.83. The van der Waals surface area contributed by atoms with Crippen molar-refractivity contribution in [2.75, 3.05) is 25.2 Å². The average molecular weight is 353 g/mol. The van der Waals surface area contributed by atoms with Crippen molar-refractivity contribution in [3.05, 3.63) is 48.2 Å². The second-order valence-corrected chi connectivity index (χ2v) is 6.34. The van der Waals surface area contributed by atoms with Crippen molar-refractivity contribution < 1.29 is 19.1 Å². The largest absolute Gasteiger partial charge is 0.454 e. The molecule has 7 nitrogen and oxygen atoms in total. The first-order valence-corrected chi connectivity index (χ1v) is 8.61. The van der Waals surface area contributed by atoms with Crippen molar-refractivity contribution in [1.82, 2.24) is 9.88 Å². The molecule has 1 fully saturated rings. The van der Waals surface area contributed by atoms with Crippen molar-refractivity contribution in [2.24, 2.45) is 5.92 Å². The fraction of sp³-hybridized carbons (Fsp3) is 0.316. The van der Waals surface area contributed by atoms with E-state index in [1.807, 2.05) is 6.07 Å². The van der Waals surface area contributed by atoms with Gasteiger partial charge in [-0.1, -0.05) is 6.07 Å². The van der Waals surface area contributed by atoms with Crippen LogP contribution in [0.3, 0.4) is 0 Å². The standard InChI is InChI=1S/C19H19N3O4/c23-18(21-17-3-1-2-8-20-17)13-6-9-22(10-7-13)19(24)14-4-5-15-16(11-14)26-12-25-15/h1-5,8,11,13H,6-7,9-10,12H2,(H,20,21,23). The number of rotatable bonds is 3. The fourth-order valence-electron chi connectivity index (χ4n) is 3.22. The number of carbonyl (C=O) groups is 2. The number of carbonyl (C=O) groups excluding carboxylic acids is 2. The molecule has 7 heteroatoms. The number of anilines is 1. The van der Waals surface area contributed by atoms with Gasteiger partial charge in [-0.2, -0.15) is 0 Å². The smallest absolute Gasteiger partial charge is 0.253 e. The van der Waals surface area contributed by atoms with E-state index in [9.17, 15) is 9.59 Å². The molecule has 134 valence electrons. The van der Waals surface area contributed by atoms with Gasteiger partial charge in [-0.3, -0.25) is 9.59 Å². The van der Waals surface area contributed by atoms with E-state index in [0.717, 1.165) is 0 Å². The third-order valence-electron chi connectivity index (χ3n) is 4.69. The number of fused-ring (bicyclic) bond motifs is 1. The number of piperidine rings is 1. The van der Waals surface area contributed by atoms with Crippen LogP contribution in [0.1, 0.15) is 23.2 Å². The number of hydrogen-bond donors (Lipinski definition) is 1. The minimum Gasteiger partial charge on any atom is -0.454 e. The molecule has 2 amide bonds. The first-order valence-electron chi connectivity index (χ1n) is 8.61. The maximum Gasteiger partial charge on any atom is 0.253 e. The van der Waals surface area contributed by atoms with Gasteiger partial charge in [0.15, 0.2) is 11.5 Å². The molecule has 1 saturated heterocycles. The van der Waals surface area contributed by atoms with Crippen molar-refractivity contribution in [1.29, 1.82) is 0 Å². The summed E-state index contributed by atoms with van der Waals surface area (Å²) in [6, 6.07) is 10.6. The van der Waals surface area contributed by atoms with Crippen molar-refractivity contribution >= 4 is 17.6 Å². The number of nitrogens with one attached hydrogen (secondary N) is 1. The lowest BCUT2D eigenvalue weighted by Gasteiger charge is -2.31. The van der Waals surface area contributed by atoms with Gasteiger partial charge in [0.25, 0.3) is 5.91 Å². The SMILES string of the molecule is O=C(Nc1ccccn1)C1CCN(C(=O)c2ccc3c(c2)OCO3)CC1. The summed E-state index contributed by atoms with van der Waals surface area (Å²) in [7, 11) is 0. The molecule has 0 bridgehead atoms. The first kappa shape index (κ1) is 16.4. The molecule has 1 aromatic heterocycles. The Morgan fingerprint density at radius 2 is 1.88 bits per heavy atom. The van der Waals surface area contributed by atoms with E-state index in [1.165, 1.54) is 0 Å². The van der Waals surface area contributed by atoms with E-state index in [0.29, 0.717) is 48.8 Å². The molecular formula is C19H19N3O4. The van der Waals surface area contributed by atoms with Crippen molar-refractivity contribution in [3.63, 3.8) is 0 Å². The molecule has 1 N–H and O–H groups in total. The Morgan fingerprint density at radius 1 is 1.08 bits per heavy atom.